The zero-order valence-corrected chi connectivity index (χ0v) is 30.2. The first-order valence-corrected chi connectivity index (χ1v) is 19.0. The van der Waals surface area contributed by atoms with Crippen LogP contribution in [-0.2, 0) is 0 Å². The normalized spacial score (nSPS) is 11.9. The van der Waals surface area contributed by atoms with Gasteiger partial charge in [0.15, 0.2) is 0 Å². The molecule has 0 N–H and O–H groups in total. The van der Waals surface area contributed by atoms with Crippen molar-refractivity contribution < 1.29 is 8.83 Å². The summed E-state index contributed by atoms with van der Waals surface area (Å²) in [7, 11) is 0. The molecule has 0 fully saturated rings. The van der Waals surface area contributed by atoms with Crippen molar-refractivity contribution in [3.63, 3.8) is 0 Å². The molecule has 12 rings (SSSR count). The third-order valence-corrected chi connectivity index (χ3v) is 11.5. The van der Waals surface area contributed by atoms with Crippen LogP contribution in [0.3, 0.4) is 0 Å². The average Bonchev–Trinajstić information content (AvgIpc) is 3.82. The average molecular weight is 714 g/mol. The van der Waals surface area contributed by atoms with Crippen LogP contribution in [0.4, 0.5) is 0 Å². The Bertz CT molecular complexity index is 3520. The fraction of sp³-hybridized carbons (Fsp3) is 0. The van der Waals surface area contributed by atoms with Crippen molar-refractivity contribution in [3.05, 3.63) is 188 Å². The lowest BCUT2D eigenvalue weighted by Gasteiger charge is -2.18. The molecule has 9 aromatic carbocycles. The van der Waals surface area contributed by atoms with Gasteiger partial charge in [-0.15, -0.1) is 0 Å². The zero-order chi connectivity index (χ0) is 36.7. The highest BCUT2D eigenvalue weighted by molar-refractivity contribution is 6.22. The minimum absolute atomic E-state index is 0.887. The van der Waals surface area contributed by atoms with Gasteiger partial charge in [0, 0.05) is 38.9 Å². The first-order valence-electron chi connectivity index (χ1n) is 19.0. The molecule has 3 nitrogen and oxygen atoms in total. The molecule has 0 amide bonds. The van der Waals surface area contributed by atoms with E-state index >= 15 is 0 Å². The molecule has 0 saturated heterocycles. The highest BCUT2D eigenvalue weighted by atomic mass is 16.3. The third kappa shape index (κ3) is 4.74. The van der Waals surface area contributed by atoms with E-state index in [0.29, 0.717) is 0 Å². The Morgan fingerprint density at radius 2 is 0.804 bits per heavy atom. The van der Waals surface area contributed by atoms with E-state index in [1.807, 2.05) is 18.3 Å². The zero-order valence-electron chi connectivity index (χ0n) is 30.2. The van der Waals surface area contributed by atoms with Crippen LogP contribution in [-0.4, -0.2) is 4.98 Å². The Hall–Kier alpha value is -7.49. The summed E-state index contributed by atoms with van der Waals surface area (Å²) in [5, 5.41) is 11.6. The van der Waals surface area contributed by atoms with E-state index in [1.54, 1.807) is 0 Å². The molecule has 56 heavy (non-hydrogen) atoms. The van der Waals surface area contributed by atoms with Crippen molar-refractivity contribution in [2.75, 3.05) is 0 Å². The Morgan fingerprint density at radius 3 is 1.55 bits per heavy atom. The molecule has 0 bridgehead atoms. The van der Waals surface area contributed by atoms with Gasteiger partial charge >= 0.3 is 0 Å². The predicted octanol–water partition coefficient (Wildman–Crippen LogP) is 15.0. The summed E-state index contributed by atoms with van der Waals surface area (Å²) in [6.07, 6.45) is 2.01. The number of benzene rings is 9. The van der Waals surface area contributed by atoms with Crippen LogP contribution in [0.5, 0.6) is 0 Å². The number of nitrogens with zero attached hydrogens (tertiary/aromatic N) is 1. The summed E-state index contributed by atoms with van der Waals surface area (Å²) in [6, 6.07) is 64.8. The van der Waals surface area contributed by atoms with Crippen molar-refractivity contribution in [2.45, 2.75) is 0 Å². The minimum atomic E-state index is 0.887. The van der Waals surface area contributed by atoms with Crippen LogP contribution >= 0.6 is 0 Å². The maximum Gasteiger partial charge on any atom is 0.136 e. The van der Waals surface area contributed by atoms with Crippen LogP contribution in [0.1, 0.15) is 0 Å². The quantitative estimate of drug-likeness (QED) is 0.170. The second-order valence-electron chi connectivity index (χ2n) is 14.7. The third-order valence-electron chi connectivity index (χ3n) is 11.5. The van der Waals surface area contributed by atoms with Gasteiger partial charge in [-0.1, -0.05) is 127 Å². The first kappa shape index (κ1) is 30.9. The molecule has 0 aliphatic heterocycles. The van der Waals surface area contributed by atoms with Crippen LogP contribution in [0.15, 0.2) is 197 Å². The molecule has 260 valence electrons. The number of hydrogen-bond donors (Lipinski definition) is 0. The van der Waals surface area contributed by atoms with E-state index in [1.165, 1.54) is 43.4 Å². The molecule has 0 atom stereocenters. The highest BCUT2D eigenvalue weighted by Gasteiger charge is 2.19. The molecular weight excluding hydrogens is 683 g/mol. The lowest BCUT2D eigenvalue weighted by atomic mass is 9.86. The summed E-state index contributed by atoms with van der Waals surface area (Å²) in [4.78, 5) is 5.20. The Labute approximate surface area is 321 Å². The van der Waals surface area contributed by atoms with E-state index in [9.17, 15) is 0 Å². The summed E-state index contributed by atoms with van der Waals surface area (Å²) < 4.78 is 12.5. The fourth-order valence-corrected chi connectivity index (χ4v) is 8.81. The number of hydrogen-bond acceptors (Lipinski definition) is 3. The van der Waals surface area contributed by atoms with E-state index in [0.717, 1.165) is 77.4 Å². The molecular formula is C53H31NO2. The molecule has 3 aromatic heterocycles. The minimum Gasteiger partial charge on any atom is -0.456 e. The standard InChI is InChI=1S/C53H31NO2/c1-2-10-32(11-3-1)52-40-15-6-7-16-41(40)53(42-22-18-35(29-46(42)52)36-20-24-49-43(27-36)39-14-8-9-17-48(39)55-49)47-23-19-38(31-54-47)37-21-25-50-44(28-37)45-26-33-12-4-5-13-34(33)30-51(45)56-50/h1-31H. The maximum absolute atomic E-state index is 6.30. The number of rotatable bonds is 4. The number of para-hydroxylation sites is 1. The molecule has 3 heteroatoms. The number of fused-ring (bicyclic) bond motifs is 9. The maximum atomic E-state index is 6.30. The Balaban J connectivity index is 1.03. The first-order chi connectivity index (χ1) is 27.7. The van der Waals surface area contributed by atoms with Crippen molar-refractivity contribution in [1.82, 2.24) is 4.98 Å². The fourth-order valence-electron chi connectivity index (χ4n) is 8.81. The lowest BCUT2D eigenvalue weighted by molar-refractivity contribution is 0.669. The van der Waals surface area contributed by atoms with Crippen molar-refractivity contribution in [1.29, 1.82) is 0 Å². The van der Waals surface area contributed by atoms with Gasteiger partial charge in [-0.05, 0) is 115 Å². The topological polar surface area (TPSA) is 39.2 Å². The van der Waals surface area contributed by atoms with E-state index in [4.69, 9.17) is 13.8 Å². The highest BCUT2D eigenvalue weighted by Crippen LogP contribution is 2.45. The van der Waals surface area contributed by atoms with Gasteiger partial charge in [0.1, 0.15) is 22.3 Å². The van der Waals surface area contributed by atoms with Gasteiger partial charge in [0.05, 0.1) is 5.69 Å². The molecule has 0 radical (unpaired) electrons. The van der Waals surface area contributed by atoms with E-state index < -0.39 is 0 Å². The molecule has 3 heterocycles. The molecule has 12 aromatic rings. The van der Waals surface area contributed by atoms with Crippen molar-refractivity contribution in [3.8, 4) is 44.6 Å². The van der Waals surface area contributed by atoms with Crippen LogP contribution in [0.2, 0.25) is 0 Å². The summed E-state index contributed by atoms with van der Waals surface area (Å²) in [6.45, 7) is 0. The molecule has 0 saturated carbocycles. The SMILES string of the molecule is c1ccc(-c2c3ccccc3c(-c3ccc(-c4ccc5oc6cc7ccccc7cc6c5c4)cn3)c3ccc(-c4ccc5oc6ccccc6c5c4)cc23)cc1. The molecule has 0 aliphatic carbocycles. The second-order valence-corrected chi connectivity index (χ2v) is 14.7. The van der Waals surface area contributed by atoms with Crippen molar-refractivity contribution >= 4 is 76.2 Å². The lowest BCUT2D eigenvalue weighted by Crippen LogP contribution is -1.93. The summed E-state index contributed by atoms with van der Waals surface area (Å²) in [5.41, 5.74) is 12.5. The number of furan rings is 2. The Morgan fingerprint density at radius 1 is 0.286 bits per heavy atom. The van der Waals surface area contributed by atoms with Crippen LogP contribution < -0.4 is 0 Å². The molecule has 0 unspecified atom stereocenters. The van der Waals surface area contributed by atoms with Gasteiger partial charge in [0.25, 0.3) is 0 Å². The summed E-state index contributed by atoms with van der Waals surface area (Å²) in [5.74, 6) is 0. The van der Waals surface area contributed by atoms with Gasteiger partial charge in [-0.25, -0.2) is 0 Å². The van der Waals surface area contributed by atoms with Gasteiger partial charge < -0.3 is 8.83 Å². The van der Waals surface area contributed by atoms with Crippen LogP contribution in [0, 0.1) is 0 Å². The van der Waals surface area contributed by atoms with Gasteiger partial charge in [-0.2, -0.15) is 0 Å². The molecule has 0 spiro atoms. The molecule has 0 aliphatic rings. The van der Waals surface area contributed by atoms with Gasteiger partial charge in [0.2, 0.25) is 0 Å². The smallest absolute Gasteiger partial charge is 0.136 e. The second kappa shape index (κ2) is 12.0. The predicted molar refractivity (Wildman–Crippen MR) is 233 cm³/mol. The number of pyridine rings is 1. The Kier molecular flexibility index (Phi) is 6.63. The van der Waals surface area contributed by atoms with Gasteiger partial charge in [-0.3, -0.25) is 4.98 Å². The monoisotopic (exact) mass is 713 g/mol. The summed E-state index contributed by atoms with van der Waals surface area (Å²) >= 11 is 0. The van der Waals surface area contributed by atoms with Crippen molar-refractivity contribution in [2.24, 2.45) is 0 Å². The number of aromatic nitrogens is 1. The van der Waals surface area contributed by atoms with E-state index in [-0.39, 0.29) is 0 Å². The largest absolute Gasteiger partial charge is 0.456 e. The van der Waals surface area contributed by atoms with Crippen LogP contribution in [0.25, 0.3) is 121 Å². The van der Waals surface area contributed by atoms with E-state index in [2.05, 4.69) is 170 Å².